The molecule has 1 fully saturated rings. The van der Waals surface area contributed by atoms with Crippen molar-refractivity contribution in [3.63, 3.8) is 0 Å². The molecule has 1 aliphatic rings. The number of rotatable bonds is 1. The van der Waals surface area contributed by atoms with Gasteiger partial charge in [-0.3, -0.25) is 4.79 Å². The second kappa shape index (κ2) is 3.02. The van der Waals surface area contributed by atoms with E-state index in [0.717, 1.165) is 0 Å². The van der Waals surface area contributed by atoms with Crippen molar-refractivity contribution >= 4 is 15.8 Å². The van der Waals surface area contributed by atoms with Gasteiger partial charge in [0.05, 0.1) is 17.4 Å². The number of carboxylic acid groups (broad SMARTS) is 1. The van der Waals surface area contributed by atoms with Gasteiger partial charge in [0.25, 0.3) is 0 Å². The van der Waals surface area contributed by atoms with Crippen LogP contribution in [-0.2, 0) is 14.6 Å². The van der Waals surface area contributed by atoms with E-state index in [0.29, 0.717) is 0 Å². The number of hydrogen-bond acceptors (Lipinski definition) is 4. The molecular formula is C6H11NO4S. The zero-order chi connectivity index (χ0) is 9.35. The summed E-state index contributed by atoms with van der Waals surface area (Å²) in [5.41, 5.74) is 5.46. The highest BCUT2D eigenvalue weighted by atomic mass is 32.2. The van der Waals surface area contributed by atoms with E-state index >= 15 is 0 Å². The summed E-state index contributed by atoms with van der Waals surface area (Å²) in [6.45, 7) is 0. The predicted molar refractivity (Wildman–Crippen MR) is 42.4 cm³/mol. The summed E-state index contributed by atoms with van der Waals surface area (Å²) in [4.78, 5) is 10.5. The summed E-state index contributed by atoms with van der Waals surface area (Å²) in [7, 11) is -3.17. The number of sulfone groups is 1. The van der Waals surface area contributed by atoms with Crippen molar-refractivity contribution in [2.24, 2.45) is 11.7 Å². The van der Waals surface area contributed by atoms with Crippen LogP contribution in [0.15, 0.2) is 0 Å². The van der Waals surface area contributed by atoms with Crippen LogP contribution < -0.4 is 5.73 Å². The number of aliphatic carboxylic acids is 1. The van der Waals surface area contributed by atoms with Crippen LogP contribution in [-0.4, -0.2) is 37.0 Å². The molecule has 0 spiro atoms. The molecule has 0 aliphatic carbocycles. The second-order valence-corrected chi connectivity index (χ2v) is 5.24. The van der Waals surface area contributed by atoms with Gasteiger partial charge in [-0.1, -0.05) is 0 Å². The number of carbonyl (C=O) groups is 1. The number of nitrogens with two attached hydrogens (primary N) is 1. The SMILES string of the molecule is N[C@@H]1CCS(=O)(=O)C[C@@H]1C(=O)O. The van der Waals surface area contributed by atoms with Crippen LogP contribution >= 0.6 is 0 Å². The lowest BCUT2D eigenvalue weighted by Gasteiger charge is -2.24. The highest BCUT2D eigenvalue weighted by molar-refractivity contribution is 7.91. The van der Waals surface area contributed by atoms with E-state index in [1.54, 1.807) is 0 Å². The third kappa shape index (κ3) is 1.95. The number of carboxylic acids is 1. The third-order valence-corrected chi connectivity index (χ3v) is 3.75. The van der Waals surface area contributed by atoms with E-state index in [9.17, 15) is 13.2 Å². The molecule has 3 N–H and O–H groups in total. The quantitative estimate of drug-likeness (QED) is 0.547. The molecule has 0 radical (unpaired) electrons. The lowest BCUT2D eigenvalue weighted by atomic mass is 10.0. The molecule has 1 rings (SSSR count). The molecule has 1 heterocycles. The van der Waals surface area contributed by atoms with Gasteiger partial charge in [-0.2, -0.15) is 0 Å². The molecule has 1 aliphatic heterocycles. The van der Waals surface area contributed by atoms with Gasteiger partial charge in [0.1, 0.15) is 0 Å². The molecule has 0 aromatic carbocycles. The molecule has 0 unspecified atom stereocenters. The summed E-state index contributed by atoms with van der Waals surface area (Å²) >= 11 is 0. The summed E-state index contributed by atoms with van der Waals surface area (Å²) in [5.74, 6) is -2.35. The Morgan fingerprint density at radius 3 is 2.50 bits per heavy atom. The van der Waals surface area contributed by atoms with Crippen LogP contribution in [0.4, 0.5) is 0 Å². The summed E-state index contributed by atoms with van der Waals surface area (Å²) in [6, 6.07) is -0.522. The van der Waals surface area contributed by atoms with Crippen molar-refractivity contribution in [1.82, 2.24) is 0 Å². The minimum absolute atomic E-state index is 0.0119. The third-order valence-electron chi connectivity index (χ3n) is 2.03. The molecule has 0 bridgehead atoms. The first-order valence-corrected chi connectivity index (χ1v) is 5.43. The van der Waals surface area contributed by atoms with Gasteiger partial charge in [0.15, 0.2) is 9.84 Å². The van der Waals surface area contributed by atoms with Crippen molar-refractivity contribution in [3.8, 4) is 0 Å². The molecule has 0 saturated carbocycles. The molecule has 0 aromatic heterocycles. The van der Waals surface area contributed by atoms with Crippen molar-refractivity contribution in [2.75, 3.05) is 11.5 Å². The maximum Gasteiger partial charge on any atom is 0.309 e. The molecule has 70 valence electrons. The van der Waals surface area contributed by atoms with Crippen LogP contribution in [0.3, 0.4) is 0 Å². The van der Waals surface area contributed by atoms with Gasteiger partial charge in [-0.15, -0.1) is 0 Å². The predicted octanol–water partition coefficient (Wildman–Crippen LogP) is -1.17. The Morgan fingerprint density at radius 1 is 1.50 bits per heavy atom. The van der Waals surface area contributed by atoms with Crippen LogP contribution in [0.1, 0.15) is 6.42 Å². The van der Waals surface area contributed by atoms with Gasteiger partial charge in [-0.05, 0) is 6.42 Å². The second-order valence-electron chi connectivity index (χ2n) is 3.01. The first-order chi connectivity index (χ1) is 5.42. The van der Waals surface area contributed by atoms with Gasteiger partial charge >= 0.3 is 5.97 Å². The molecule has 6 heteroatoms. The van der Waals surface area contributed by atoms with Crippen LogP contribution in [0.25, 0.3) is 0 Å². The minimum atomic E-state index is -3.17. The minimum Gasteiger partial charge on any atom is -0.481 e. The monoisotopic (exact) mass is 193 g/mol. The maximum absolute atomic E-state index is 11.0. The standard InChI is InChI=1S/C6H11NO4S/c7-5-1-2-12(10,11)3-4(5)6(8)9/h4-5H,1-3,7H2,(H,8,9)/t4-,5+/m0/s1. The lowest BCUT2D eigenvalue weighted by molar-refractivity contribution is -0.141. The van der Waals surface area contributed by atoms with E-state index in [1.807, 2.05) is 0 Å². The first-order valence-electron chi connectivity index (χ1n) is 3.61. The average Bonchev–Trinajstić information content (AvgIpc) is 1.94. The Kier molecular flexibility index (Phi) is 2.39. The fraction of sp³-hybridized carbons (Fsp3) is 0.833. The van der Waals surface area contributed by atoms with Gasteiger partial charge in [0.2, 0.25) is 0 Å². The van der Waals surface area contributed by atoms with E-state index in [4.69, 9.17) is 10.8 Å². The molecule has 0 amide bonds. The van der Waals surface area contributed by atoms with Crippen molar-refractivity contribution in [3.05, 3.63) is 0 Å². The molecule has 1 saturated heterocycles. The summed E-state index contributed by atoms with van der Waals surface area (Å²) < 4.78 is 22.0. The fourth-order valence-corrected chi connectivity index (χ4v) is 2.99. The van der Waals surface area contributed by atoms with Gasteiger partial charge < -0.3 is 10.8 Å². The Labute approximate surface area is 70.5 Å². The Balaban J connectivity index is 2.79. The normalized spacial score (nSPS) is 34.4. The Morgan fingerprint density at radius 2 is 2.08 bits per heavy atom. The summed E-state index contributed by atoms with van der Waals surface area (Å²) in [6.07, 6.45) is 0.249. The van der Waals surface area contributed by atoms with Crippen molar-refractivity contribution in [1.29, 1.82) is 0 Å². The fourth-order valence-electron chi connectivity index (χ4n) is 1.25. The molecule has 12 heavy (non-hydrogen) atoms. The average molecular weight is 193 g/mol. The van der Waals surface area contributed by atoms with Crippen molar-refractivity contribution < 1.29 is 18.3 Å². The Bertz CT molecular complexity index is 284. The molecule has 5 nitrogen and oxygen atoms in total. The van der Waals surface area contributed by atoms with Gasteiger partial charge in [0, 0.05) is 6.04 Å². The van der Waals surface area contributed by atoms with E-state index in [1.165, 1.54) is 0 Å². The largest absolute Gasteiger partial charge is 0.481 e. The maximum atomic E-state index is 11.0. The van der Waals surface area contributed by atoms with Crippen LogP contribution in [0, 0.1) is 5.92 Å². The smallest absolute Gasteiger partial charge is 0.309 e. The zero-order valence-corrected chi connectivity index (χ0v) is 7.25. The Hall–Kier alpha value is -0.620. The van der Waals surface area contributed by atoms with E-state index in [-0.39, 0.29) is 17.9 Å². The molecular weight excluding hydrogens is 182 g/mol. The van der Waals surface area contributed by atoms with Crippen LogP contribution in [0.2, 0.25) is 0 Å². The van der Waals surface area contributed by atoms with Crippen LogP contribution in [0.5, 0.6) is 0 Å². The first kappa shape index (κ1) is 9.47. The van der Waals surface area contributed by atoms with Gasteiger partial charge in [-0.25, -0.2) is 8.42 Å². The topological polar surface area (TPSA) is 97.5 Å². The van der Waals surface area contributed by atoms with E-state index < -0.39 is 27.8 Å². The molecule has 2 atom stereocenters. The molecule has 0 aromatic rings. The summed E-state index contributed by atoms with van der Waals surface area (Å²) in [5, 5.41) is 8.60. The van der Waals surface area contributed by atoms with E-state index in [2.05, 4.69) is 0 Å². The zero-order valence-electron chi connectivity index (χ0n) is 6.43. The lowest BCUT2D eigenvalue weighted by Crippen LogP contribution is -2.45. The highest BCUT2D eigenvalue weighted by Gasteiger charge is 2.35. The highest BCUT2D eigenvalue weighted by Crippen LogP contribution is 2.17. The van der Waals surface area contributed by atoms with Crippen molar-refractivity contribution in [2.45, 2.75) is 12.5 Å². The number of hydrogen-bond donors (Lipinski definition) is 2.